The van der Waals surface area contributed by atoms with Crippen LogP contribution in [0.5, 0.6) is 0 Å². The van der Waals surface area contributed by atoms with Crippen LogP contribution in [0.25, 0.3) is 6.08 Å². The van der Waals surface area contributed by atoms with Gasteiger partial charge in [0.15, 0.2) is 0 Å². The summed E-state index contributed by atoms with van der Waals surface area (Å²) in [6.07, 6.45) is 1.77. The molecule has 0 bridgehead atoms. The Kier molecular flexibility index (Phi) is 6.70. The van der Waals surface area contributed by atoms with Gasteiger partial charge >= 0.3 is 0 Å². The summed E-state index contributed by atoms with van der Waals surface area (Å²) in [5, 5.41) is 9.61. The SMILES string of the molecule is Cc1ccc(CN2C(=O)/C(=C/c3c(C)c(C#N)c(=O)n(C)c3N3CCOCC3)SC2=S)cc1. The van der Waals surface area contributed by atoms with Crippen molar-refractivity contribution in [2.75, 3.05) is 31.2 Å². The molecule has 0 saturated carbocycles. The summed E-state index contributed by atoms with van der Waals surface area (Å²) in [7, 11) is 1.66. The Hall–Kier alpha value is -2.93. The van der Waals surface area contributed by atoms with Gasteiger partial charge in [-0.1, -0.05) is 53.8 Å². The second-order valence-electron chi connectivity index (χ2n) is 8.07. The number of nitrogens with zero attached hydrogens (tertiary/aromatic N) is 4. The number of rotatable bonds is 4. The Morgan fingerprint density at radius 3 is 2.48 bits per heavy atom. The number of aryl methyl sites for hydroxylation is 1. The molecule has 0 N–H and O–H groups in total. The highest BCUT2D eigenvalue weighted by atomic mass is 32.2. The van der Waals surface area contributed by atoms with Crippen LogP contribution < -0.4 is 10.5 Å². The van der Waals surface area contributed by atoms with Crippen LogP contribution in [-0.2, 0) is 23.1 Å². The average molecular weight is 481 g/mol. The molecule has 1 amide bonds. The van der Waals surface area contributed by atoms with E-state index in [0.29, 0.717) is 59.0 Å². The predicted molar refractivity (Wildman–Crippen MR) is 134 cm³/mol. The fourth-order valence-corrected chi connectivity index (χ4v) is 5.25. The Labute approximate surface area is 202 Å². The van der Waals surface area contributed by atoms with Gasteiger partial charge in [0, 0.05) is 25.7 Å². The maximum atomic E-state index is 13.3. The van der Waals surface area contributed by atoms with Crippen molar-refractivity contribution in [3.8, 4) is 6.07 Å². The Morgan fingerprint density at radius 1 is 1.18 bits per heavy atom. The molecule has 2 aliphatic heterocycles. The van der Waals surface area contributed by atoms with Gasteiger partial charge in [-0.2, -0.15) is 5.26 Å². The van der Waals surface area contributed by atoms with Crippen molar-refractivity contribution in [1.29, 1.82) is 5.26 Å². The van der Waals surface area contributed by atoms with Gasteiger partial charge in [0.1, 0.15) is 21.8 Å². The second kappa shape index (κ2) is 9.51. The van der Waals surface area contributed by atoms with Gasteiger partial charge in [0.05, 0.1) is 24.7 Å². The van der Waals surface area contributed by atoms with E-state index in [1.165, 1.54) is 16.3 Å². The number of aromatic nitrogens is 1. The molecule has 3 heterocycles. The molecule has 0 spiro atoms. The number of thioether (sulfide) groups is 1. The molecule has 2 fully saturated rings. The van der Waals surface area contributed by atoms with Crippen molar-refractivity contribution in [2.45, 2.75) is 20.4 Å². The normalized spacial score (nSPS) is 17.7. The third-order valence-corrected chi connectivity index (χ3v) is 7.27. The van der Waals surface area contributed by atoms with Crippen LogP contribution in [0.3, 0.4) is 0 Å². The van der Waals surface area contributed by atoms with Crippen LogP contribution in [0.4, 0.5) is 5.82 Å². The molecular weight excluding hydrogens is 456 g/mol. The summed E-state index contributed by atoms with van der Waals surface area (Å²) in [4.78, 5) is 30.2. The molecule has 0 radical (unpaired) electrons. The molecule has 1 aromatic carbocycles. The number of pyridine rings is 1. The average Bonchev–Trinajstić information content (AvgIpc) is 3.07. The van der Waals surface area contributed by atoms with Crippen LogP contribution >= 0.6 is 24.0 Å². The molecule has 170 valence electrons. The van der Waals surface area contributed by atoms with Gasteiger partial charge in [-0.3, -0.25) is 19.1 Å². The van der Waals surface area contributed by atoms with Crippen molar-refractivity contribution < 1.29 is 9.53 Å². The zero-order valence-electron chi connectivity index (χ0n) is 18.8. The van der Waals surface area contributed by atoms with Gasteiger partial charge in [-0.05, 0) is 31.1 Å². The quantitative estimate of drug-likeness (QED) is 0.491. The monoisotopic (exact) mass is 480 g/mol. The van der Waals surface area contributed by atoms with Gasteiger partial charge in [0.25, 0.3) is 11.5 Å². The lowest BCUT2D eigenvalue weighted by Gasteiger charge is -2.32. The summed E-state index contributed by atoms with van der Waals surface area (Å²) >= 11 is 6.76. The molecular formula is C24H24N4O3S2. The minimum Gasteiger partial charge on any atom is -0.378 e. The van der Waals surface area contributed by atoms with Crippen molar-refractivity contribution >= 4 is 46.1 Å². The number of hydrogen-bond donors (Lipinski definition) is 0. The largest absolute Gasteiger partial charge is 0.378 e. The molecule has 2 saturated heterocycles. The van der Waals surface area contributed by atoms with Crippen molar-refractivity contribution in [3.63, 3.8) is 0 Å². The van der Waals surface area contributed by atoms with Gasteiger partial charge < -0.3 is 9.64 Å². The smallest absolute Gasteiger partial charge is 0.270 e. The van der Waals surface area contributed by atoms with E-state index in [1.807, 2.05) is 37.3 Å². The van der Waals surface area contributed by atoms with E-state index in [-0.39, 0.29) is 17.0 Å². The number of benzene rings is 1. The summed E-state index contributed by atoms with van der Waals surface area (Å²) in [6.45, 7) is 6.50. The van der Waals surface area contributed by atoms with Crippen molar-refractivity contribution in [3.05, 3.63) is 67.3 Å². The number of carbonyl (C=O) groups is 1. The first-order valence-corrected chi connectivity index (χ1v) is 11.8. The Morgan fingerprint density at radius 2 is 1.85 bits per heavy atom. The molecule has 0 unspecified atom stereocenters. The molecule has 4 rings (SSSR count). The lowest BCUT2D eigenvalue weighted by molar-refractivity contribution is -0.122. The summed E-state index contributed by atoms with van der Waals surface area (Å²) in [5.41, 5.74) is 3.13. The van der Waals surface area contributed by atoms with Gasteiger partial charge in [-0.15, -0.1) is 0 Å². The predicted octanol–water partition coefficient (Wildman–Crippen LogP) is 3.11. The molecule has 33 heavy (non-hydrogen) atoms. The van der Waals surface area contributed by atoms with E-state index in [0.717, 1.165) is 11.1 Å². The highest BCUT2D eigenvalue weighted by molar-refractivity contribution is 8.26. The molecule has 0 aliphatic carbocycles. The number of anilines is 1. The Balaban J connectivity index is 1.76. The highest BCUT2D eigenvalue weighted by Gasteiger charge is 2.33. The Bertz CT molecular complexity index is 1250. The van der Waals surface area contributed by atoms with E-state index in [1.54, 1.807) is 24.9 Å². The number of amides is 1. The van der Waals surface area contributed by atoms with Crippen LogP contribution in [0.1, 0.15) is 27.8 Å². The topological polar surface area (TPSA) is 78.6 Å². The van der Waals surface area contributed by atoms with Crippen molar-refractivity contribution in [2.24, 2.45) is 7.05 Å². The number of nitriles is 1. The fraction of sp³-hybridized carbons (Fsp3) is 0.333. The summed E-state index contributed by atoms with van der Waals surface area (Å²) in [6, 6.07) is 10.0. The number of morpholine rings is 1. The van der Waals surface area contributed by atoms with Crippen LogP contribution in [0.2, 0.25) is 0 Å². The third-order valence-electron chi connectivity index (χ3n) is 5.89. The third kappa shape index (κ3) is 4.47. The van der Waals surface area contributed by atoms with E-state index in [4.69, 9.17) is 17.0 Å². The van der Waals surface area contributed by atoms with E-state index < -0.39 is 0 Å². The first-order valence-electron chi connectivity index (χ1n) is 10.6. The molecule has 0 atom stereocenters. The molecule has 2 aromatic rings. The van der Waals surface area contributed by atoms with Crippen molar-refractivity contribution in [1.82, 2.24) is 9.47 Å². The molecule has 2 aliphatic rings. The maximum Gasteiger partial charge on any atom is 0.270 e. The number of ether oxygens (including phenoxy) is 1. The number of thiocarbonyl (C=S) groups is 1. The standard InChI is InChI=1S/C24H24N4O3S2/c1-15-4-6-17(7-5-15)14-28-23(30)20(33-24(28)32)12-18-16(2)19(13-25)22(29)26(3)21(18)27-8-10-31-11-9-27/h4-7,12H,8-11,14H2,1-3H3/b20-12-. The van der Waals surface area contributed by atoms with Gasteiger partial charge in [-0.25, -0.2) is 0 Å². The lowest BCUT2D eigenvalue weighted by atomic mass is 10.0. The van der Waals surface area contributed by atoms with Crippen LogP contribution in [0, 0.1) is 25.2 Å². The number of hydrogen-bond acceptors (Lipinski definition) is 7. The maximum absolute atomic E-state index is 13.3. The first kappa shape index (κ1) is 23.2. The van der Waals surface area contributed by atoms with E-state index in [9.17, 15) is 14.9 Å². The number of carbonyl (C=O) groups excluding carboxylic acids is 1. The zero-order valence-corrected chi connectivity index (χ0v) is 20.4. The molecule has 1 aromatic heterocycles. The zero-order chi connectivity index (χ0) is 23.7. The van der Waals surface area contributed by atoms with E-state index in [2.05, 4.69) is 4.90 Å². The summed E-state index contributed by atoms with van der Waals surface area (Å²) < 4.78 is 7.45. The minimum absolute atomic E-state index is 0.0795. The minimum atomic E-state index is -0.347. The molecule has 9 heteroatoms. The summed E-state index contributed by atoms with van der Waals surface area (Å²) in [5.74, 6) is 0.508. The lowest BCUT2D eigenvalue weighted by Crippen LogP contribution is -2.40. The van der Waals surface area contributed by atoms with E-state index >= 15 is 0 Å². The fourth-order valence-electron chi connectivity index (χ4n) is 4.01. The van der Waals surface area contributed by atoms with Gasteiger partial charge in [0.2, 0.25) is 0 Å². The highest BCUT2D eigenvalue weighted by Crippen LogP contribution is 2.36. The first-order chi connectivity index (χ1) is 15.8. The van der Waals surface area contributed by atoms with Crippen LogP contribution in [-0.4, -0.2) is 46.0 Å². The second-order valence-corrected chi connectivity index (χ2v) is 9.74. The van der Waals surface area contributed by atoms with Crippen LogP contribution in [0.15, 0.2) is 34.0 Å². The molecule has 7 nitrogen and oxygen atoms in total.